The summed E-state index contributed by atoms with van der Waals surface area (Å²) in [7, 11) is 0. The van der Waals surface area contributed by atoms with Gasteiger partial charge in [-0.25, -0.2) is 0 Å². The standard InChI is InChI=1S/C54H55N3O4/c1-33-14-17-39(18-15-33)46-31-40(44-27-16-34(2)50(44)47-30-35(3)36(4)51(46)47)32-49(58)56-41-23-19-37(20-24-41)38-21-25-43(26-22-38)61-29-9-28-55-48-13-8-12-45-52(48)54(60)57(53(45)59)42-10-6-5-7-11-42/h8,12-27,31,40,42,50,55H,5-7,9-11,28-30,32H2,1-4H3,(H,56,58). The van der Waals surface area contributed by atoms with Gasteiger partial charge in [0.2, 0.25) is 5.91 Å². The van der Waals surface area contributed by atoms with Gasteiger partial charge in [0.05, 0.1) is 17.7 Å². The van der Waals surface area contributed by atoms with Gasteiger partial charge < -0.3 is 15.4 Å². The highest BCUT2D eigenvalue weighted by Crippen LogP contribution is 2.53. The predicted molar refractivity (Wildman–Crippen MR) is 246 cm³/mol. The van der Waals surface area contributed by atoms with Crippen LogP contribution < -0.4 is 15.4 Å². The van der Waals surface area contributed by atoms with Crippen LogP contribution in [0.15, 0.2) is 143 Å². The second kappa shape index (κ2) is 17.0. The van der Waals surface area contributed by atoms with Gasteiger partial charge in [0.1, 0.15) is 5.75 Å². The number of amides is 3. The van der Waals surface area contributed by atoms with Crippen LogP contribution >= 0.6 is 0 Å². The van der Waals surface area contributed by atoms with Crippen molar-refractivity contribution in [2.24, 2.45) is 11.8 Å². The lowest BCUT2D eigenvalue weighted by Gasteiger charge is -2.29. The molecule has 0 bridgehead atoms. The molecule has 1 saturated carbocycles. The highest BCUT2D eigenvalue weighted by Gasteiger charge is 2.42. The average molecular weight is 810 g/mol. The molecule has 2 N–H and O–H groups in total. The maximum Gasteiger partial charge on any atom is 0.263 e. The Morgan fingerprint density at radius 1 is 0.787 bits per heavy atom. The average Bonchev–Trinajstić information content (AvgIpc) is 3.85. The van der Waals surface area contributed by atoms with Gasteiger partial charge in [0.25, 0.3) is 11.8 Å². The van der Waals surface area contributed by atoms with Crippen LogP contribution in [0.1, 0.15) is 104 Å². The molecule has 61 heavy (non-hydrogen) atoms. The van der Waals surface area contributed by atoms with E-state index in [-0.39, 0.29) is 35.6 Å². The van der Waals surface area contributed by atoms with E-state index in [9.17, 15) is 14.4 Å². The highest BCUT2D eigenvalue weighted by molar-refractivity contribution is 6.24. The van der Waals surface area contributed by atoms with Crippen LogP contribution in [0.3, 0.4) is 0 Å². The molecule has 7 heteroatoms. The Balaban J connectivity index is 0.793. The summed E-state index contributed by atoms with van der Waals surface area (Å²) in [4.78, 5) is 41.9. The molecule has 5 aliphatic rings. The number of carbonyl (C=O) groups is 3. The summed E-state index contributed by atoms with van der Waals surface area (Å²) in [5.74, 6) is 0.658. The fourth-order valence-corrected chi connectivity index (χ4v) is 10.1. The van der Waals surface area contributed by atoms with Crippen molar-refractivity contribution in [1.29, 1.82) is 0 Å². The minimum atomic E-state index is -0.169. The van der Waals surface area contributed by atoms with Crippen molar-refractivity contribution in [2.75, 3.05) is 23.8 Å². The van der Waals surface area contributed by atoms with Gasteiger partial charge in [0, 0.05) is 42.2 Å². The van der Waals surface area contributed by atoms with E-state index in [2.05, 4.69) is 80.8 Å². The molecule has 4 aliphatic carbocycles. The maximum absolute atomic E-state index is 13.8. The molecule has 3 amide bonds. The number of imide groups is 1. The maximum atomic E-state index is 13.8. The monoisotopic (exact) mass is 809 g/mol. The molecular weight excluding hydrogens is 755 g/mol. The summed E-state index contributed by atoms with van der Waals surface area (Å²) in [6, 6.07) is 30.4. The SMILES string of the molecule is CC1=CC=C2C(CC(=O)Nc3ccc(-c4ccc(OCCCNc5cccc6c5C(=O)N(C5CCCCC5)C6=O)cc4)cc3)C=C(c3ccc(C)cc3)C3=C(CC(C)=C3C)C12. The number of fused-ring (bicyclic) bond motifs is 3. The first-order chi connectivity index (χ1) is 29.6. The zero-order valence-electron chi connectivity index (χ0n) is 35.8. The lowest BCUT2D eigenvalue weighted by molar-refractivity contribution is -0.116. The molecule has 4 aromatic carbocycles. The summed E-state index contributed by atoms with van der Waals surface area (Å²) in [6.07, 6.45) is 14.0. The summed E-state index contributed by atoms with van der Waals surface area (Å²) in [5.41, 5.74) is 16.6. The number of nitrogens with one attached hydrogen (secondary N) is 2. The summed E-state index contributed by atoms with van der Waals surface area (Å²) >= 11 is 0. The number of aryl methyl sites for hydroxylation is 1. The lowest BCUT2D eigenvalue weighted by atomic mass is 9.80. The Bertz CT molecular complexity index is 2550. The Hall–Kier alpha value is -6.21. The molecule has 0 saturated heterocycles. The molecule has 1 aliphatic heterocycles. The Morgan fingerprint density at radius 2 is 1.49 bits per heavy atom. The number of anilines is 2. The number of nitrogens with zero attached hydrogens (tertiary/aromatic N) is 1. The second-order valence-electron chi connectivity index (χ2n) is 17.5. The van der Waals surface area contributed by atoms with E-state index in [0.29, 0.717) is 36.4 Å². The van der Waals surface area contributed by atoms with Crippen molar-refractivity contribution in [1.82, 2.24) is 4.90 Å². The molecule has 7 nitrogen and oxygen atoms in total. The summed E-state index contributed by atoms with van der Waals surface area (Å²) < 4.78 is 6.06. The first-order valence-corrected chi connectivity index (χ1v) is 22.1. The Morgan fingerprint density at radius 3 is 2.23 bits per heavy atom. The lowest BCUT2D eigenvalue weighted by Crippen LogP contribution is -2.41. The minimum Gasteiger partial charge on any atom is -0.494 e. The van der Waals surface area contributed by atoms with Crippen molar-refractivity contribution >= 4 is 34.7 Å². The van der Waals surface area contributed by atoms with Crippen LogP contribution in [0, 0.1) is 18.8 Å². The normalized spacial score (nSPS) is 19.9. The molecule has 9 rings (SSSR count). The van der Waals surface area contributed by atoms with E-state index in [1.807, 2.05) is 60.7 Å². The fourth-order valence-electron chi connectivity index (χ4n) is 10.1. The first-order valence-electron chi connectivity index (χ1n) is 22.1. The van der Waals surface area contributed by atoms with Crippen molar-refractivity contribution < 1.29 is 19.1 Å². The Kier molecular flexibility index (Phi) is 11.2. The third-order valence-electron chi connectivity index (χ3n) is 13.4. The number of allylic oxidation sites excluding steroid dienone is 10. The highest BCUT2D eigenvalue weighted by atomic mass is 16.5. The largest absolute Gasteiger partial charge is 0.494 e. The molecular formula is C54H55N3O4. The van der Waals surface area contributed by atoms with Gasteiger partial charge in [0.15, 0.2) is 0 Å². The van der Waals surface area contributed by atoms with E-state index >= 15 is 0 Å². The van der Waals surface area contributed by atoms with E-state index in [0.717, 1.165) is 61.1 Å². The molecule has 2 unspecified atom stereocenters. The number of ether oxygens (including phenoxy) is 1. The predicted octanol–water partition coefficient (Wildman–Crippen LogP) is 12.1. The Labute approximate surface area is 360 Å². The van der Waals surface area contributed by atoms with Gasteiger partial charge in [-0.3, -0.25) is 19.3 Å². The number of carbonyl (C=O) groups excluding carboxylic acids is 3. The van der Waals surface area contributed by atoms with Gasteiger partial charge in [-0.1, -0.05) is 114 Å². The topological polar surface area (TPSA) is 87.7 Å². The van der Waals surface area contributed by atoms with E-state index in [1.165, 1.54) is 61.5 Å². The summed E-state index contributed by atoms with van der Waals surface area (Å²) in [6.45, 7) is 9.98. The quantitative estimate of drug-likeness (QED) is 0.110. The van der Waals surface area contributed by atoms with Crippen molar-refractivity contribution in [2.45, 2.75) is 85.1 Å². The molecule has 0 radical (unpaired) electrons. The molecule has 4 aromatic rings. The van der Waals surface area contributed by atoms with Crippen LogP contribution in [0.2, 0.25) is 0 Å². The smallest absolute Gasteiger partial charge is 0.263 e. The number of benzene rings is 4. The minimum absolute atomic E-state index is 0.00115. The molecule has 0 aromatic heterocycles. The van der Waals surface area contributed by atoms with Crippen molar-refractivity contribution in [3.63, 3.8) is 0 Å². The molecule has 310 valence electrons. The van der Waals surface area contributed by atoms with Gasteiger partial charge in [-0.2, -0.15) is 0 Å². The zero-order chi connectivity index (χ0) is 42.2. The second-order valence-corrected chi connectivity index (χ2v) is 17.5. The van der Waals surface area contributed by atoms with Crippen LogP contribution in [0.4, 0.5) is 11.4 Å². The van der Waals surface area contributed by atoms with Gasteiger partial charge in [-0.15, -0.1) is 0 Å². The van der Waals surface area contributed by atoms with Crippen LogP contribution in [0.25, 0.3) is 16.7 Å². The third kappa shape index (κ3) is 7.94. The third-order valence-corrected chi connectivity index (χ3v) is 13.4. The number of hydrogen-bond donors (Lipinski definition) is 2. The van der Waals surface area contributed by atoms with E-state index in [1.54, 1.807) is 6.07 Å². The zero-order valence-corrected chi connectivity index (χ0v) is 35.8. The van der Waals surface area contributed by atoms with Gasteiger partial charge >= 0.3 is 0 Å². The molecule has 1 heterocycles. The van der Waals surface area contributed by atoms with E-state index < -0.39 is 0 Å². The fraction of sp³-hybridized carbons (Fsp3) is 0.315. The number of hydrogen-bond acceptors (Lipinski definition) is 5. The number of rotatable bonds is 12. The molecule has 1 fully saturated rings. The van der Waals surface area contributed by atoms with Crippen LogP contribution in [-0.2, 0) is 4.79 Å². The van der Waals surface area contributed by atoms with Crippen molar-refractivity contribution in [3.05, 3.63) is 165 Å². The molecule has 0 spiro atoms. The first kappa shape index (κ1) is 40.2. The van der Waals surface area contributed by atoms with E-state index in [4.69, 9.17) is 4.74 Å². The summed E-state index contributed by atoms with van der Waals surface area (Å²) in [5, 5.41) is 6.59. The van der Waals surface area contributed by atoms with Crippen molar-refractivity contribution in [3.8, 4) is 16.9 Å². The van der Waals surface area contributed by atoms with Crippen LogP contribution in [0.5, 0.6) is 5.75 Å². The molecule has 2 atom stereocenters. The van der Waals surface area contributed by atoms with Crippen LogP contribution in [-0.4, -0.2) is 41.8 Å². The van der Waals surface area contributed by atoms with Gasteiger partial charge in [-0.05, 0) is 129 Å².